The Morgan fingerprint density at radius 3 is 2.30 bits per heavy atom. The number of esters is 1. The number of carbonyl (C=O) groups is 1. The molecule has 7 heteroatoms. The Hall–Kier alpha value is -1.96. The highest BCUT2D eigenvalue weighted by atomic mass is 32.2. The molecular formula is C43H64N2O4S. The molecule has 1 saturated heterocycles. The largest absolute Gasteiger partial charge is 0.465 e. The summed E-state index contributed by atoms with van der Waals surface area (Å²) in [5.74, 6) is 3.48. The Balaban J connectivity index is 1.13. The van der Waals surface area contributed by atoms with Gasteiger partial charge >= 0.3 is 5.97 Å². The molecule has 276 valence electrons. The predicted octanol–water partition coefficient (Wildman–Crippen LogP) is 8.24. The van der Waals surface area contributed by atoms with E-state index in [1.807, 2.05) is 12.1 Å². The molecule has 1 aliphatic heterocycles. The molecule has 1 aromatic carbocycles. The number of fused-ring (bicyclic) bond motifs is 7. The van der Waals surface area contributed by atoms with Crippen LogP contribution in [0, 0.1) is 51.2 Å². The summed E-state index contributed by atoms with van der Waals surface area (Å²) in [7, 11) is -1.43. The lowest BCUT2D eigenvalue weighted by Gasteiger charge is -2.72. The van der Waals surface area contributed by atoms with Crippen molar-refractivity contribution in [2.24, 2.45) is 51.2 Å². The van der Waals surface area contributed by atoms with Gasteiger partial charge in [-0.25, -0.2) is 13.2 Å². The first-order chi connectivity index (χ1) is 23.5. The molecular weight excluding hydrogens is 641 g/mol. The topological polar surface area (TPSA) is 84.5 Å². The van der Waals surface area contributed by atoms with E-state index in [1.165, 1.54) is 75.2 Å². The summed E-state index contributed by atoms with van der Waals surface area (Å²) >= 11 is 0. The highest BCUT2D eigenvalue weighted by Crippen LogP contribution is 2.76. The van der Waals surface area contributed by atoms with Gasteiger partial charge in [0.2, 0.25) is 0 Å². The molecule has 0 amide bonds. The van der Waals surface area contributed by atoms with Gasteiger partial charge in [0.05, 0.1) is 24.2 Å². The smallest absolute Gasteiger partial charge is 0.337 e. The molecule has 50 heavy (non-hydrogen) atoms. The summed E-state index contributed by atoms with van der Waals surface area (Å²) in [5.41, 5.74) is 5.65. The van der Waals surface area contributed by atoms with Crippen molar-refractivity contribution in [3.63, 3.8) is 0 Å². The van der Waals surface area contributed by atoms with Crippen molar-refractivity contribution in [3.8, 4) is 0 Å². The first-order valence-electron chi connectivity index (χ1n) is 19.7. The van der Waals surface area contributed by atoms with E-state index < -0.39 is 9.84 Å². The summed E-state index contributed by atoms with van der Waals surface area (Å²) in [4.78, 5) is 12.1. The molecule has 0 aromatic heterocycles. The number of hydrogen-bond donors (Lipinski definition) is 2. The van der Waals surface area contributed by atoms with Crippen LogP contribution in [0.25, 0.3) is 5.57 Å². The van der Waals surface area contributed by atoms with Crippen molar-refractivity contribution in [1.82, 2.24) is 10.6 Å². The zero-order valence-corrected chi connectivity index (χ0v) is 32.8. The van der Waals surface area contributed by atoms with Crippen molar-refractivity contribution in [2.75, 3.05) is 31.7 Å². The van der Waals surface area contributed by atoms with Gasteiger partial charge in [-0.15, -0.1) is 0 Å². The maximum absolute atomic E-state index is 12.1. The van der Waals surface area contributed by atoms with Crippen LogP contribution in [0.1, 0.15) is 122 Å². The van der Waals surface area contributed by atoms with Gasteiger partial charge in [0.15, 0.2) is 9.84 Å². The van der Waals surface area contributed by atoms with Crippen molar-refractivity contribution in [2.45, 2.75) is 117 Å². The first-order valence-corrected chi connectivity index (χ1v) is 21.6. The van der Waals surface area contributed by atoms with Crippen LogP contribution in [-0.4, -0.2) is 57.7 Å². The standard InChI is InChI=1S/C43H64N2O4S/c1-28(2)32-15-21-43(45-25-24-44-31-18-26-50(47,48)27-31)23-22-41(6)34(37(32)43)13-14-36-40(5)19-16-33(29-9-11-30(12-10-29)38(46)49-8)39(3,4)35(40)17-20-42(36,41)7/h9-12,16,31-32,34-37,44-45H,1,13-15,17-27H2,2-8H3. The fraction of sp³-hybridized carbons (Fsp3) is 0.744. The van der Waals surface area contributed by atoms with Crippen molar-refractivity contribution in [1.29, 1.82) is 0 Å². The molecule has 2 N–H and O–H groups in total. The van der Waals surface area contributed by atoms with Gasteiger partial charge in [-0.1, -0.05) is 65.0 Å². The van der Waals surface area contributed by atoms with Gasteiger partial charge in [0.25, 0.3) is 0 Å². The predicted molar refractivity (Wildman–Crippen MR) is 203 cm³/mol. The Kier molecular flexibility index (Phi) is 9.16. The van der Waals surface area contributed by atoms with Crippen LogP contribution in [0.5, 0.6) is 0 Å². The van der Waals surface area contributed by atoms with E-state index in [-0.39, 0.29) is 45.0 Å². The molecule has 7 rings (SSSR count). The van der Waals surface area contributed by atoms with Crippen LogP contribution in [0.4, 0.5) is 0 Å². The number of allylic oxidation sites excluding steroid dienone is 3. The van der Waals surface area contributed by atoms with Crippen LogP contribution in [0.2, 0.25) is 0 Å². The van der Waals surface area contributed by atoms with Gasteiger partial charge in [-0.2, -0.15) is 0 Å². The van der Waals surface area contributed by atoms with Crippen molar-refractivity contribution in [3.05, 3.63) is 53.6 Å². The van der Waals surface area contributed by atoms with Gasteiger partial charge in [-0.05, 0) is 146 Å². The second-order valence-corrected chi connectivity index (χ2v) is 21.2. The van der Waals surface area contributed by atoms with Gasteiger partial charge in [-0.3, -0.25) is 0 Å². The van der Waals surface area contributed by atoms with E-state index in [0.29, 0.717) is 40.9 Å². The summed E-state index contributed by atoms with van der Waals surface area (Å²) in [6.07, 6.45) is 14.6. The summed E-state index contributed by atoms with van der Waals surface area (Å²) in [6.45, 7) is 21.7. The maximum atomic E-state index is 12.1. The molecule has 5 aliphatic carbocycles. The van der Waals surface area contributed by atoms with E-state index in [9.17, 15) is 13.2 Å². The van der Waals surface area contributed by atoms with Crippen molar-refractivity contribution >= 4 is 21.4 Å². The Morgan fingerprint density at radius 2 is 1.64 bits per heavy atom. The number of rotatable bonds is 8. The fourth-order valence-electron chi connectivity index (χ4n) is 14.0. The zero-order chi connectivity index (χ0) is 35.9. The minimum absolute atomic E-state index is 0.0394. The number of nitrogens with one attached hydrogen (secondary N) is 2. The quantitative estimate of drug-likeness (QED) is 0.161. The number of hydrogen-bond acceptors (Lipinski definition) is 6. The van der Waals surface area contributed by atoms with Crippen molar-refractivity contribution < 1.29 is 17.9 Å². The van der Waals surface area contributed by atoms with E-state index in [4.69, 9.17) is 4.74 Å². The molecule has 6 aliphatic rings. The Morgan fingerprint density at radius 1 is 0.900 bits per heavy atom. The minimum Gasteiger partial charge on any atom is -0.465 e. The summed E-state index contributed by atoms with van der Waals surface area (Å²) in [5, 5.41) is 7.74. The van der Waals surface area contributed by atoms with E-state index in [1.54, 1.807) is 0 Å². The number of benzene rings is 1. The highest BCUT2D eigenvalue weighted by molar-refractivity contribution is 7.91. The number of carbonyl (C=O) groups excluding carboxylic acids is 1. The molecule has 1 heterocycles. The maximum Gasteiger partial charge on any atom is 0.337 e. The number of sulfone groups is 1. The van der Waals surface area contributed by atoms with Crippen LogP contribution in [0.3, 0.4) is 0 Å². The molecule has 6 nitrogen and oxygen atoms in total. The van der Waals surface area contributed by atoms with E-state index in [2.05, 4.69) is 77.0 Å². The van der Waals surface area contributed by atoms with Crippen LogP contribution < -0.4 is 10.6 Å². The van der Waals surface area contributed by atoms with Crippen LogP contribution in [0.15, 0.2) is 42.5 Å². The molecule has 4 saturated carbocycles. The zero-order valence-electron chi connectivity index (χ0n) is 32.0. The Bertz CT molecular complexity index is 1650. The van der Waals surface area contributed by atoms with Gasteiger partial charge in [0, 0.05) is 24.7 Å². The molecule has 0 radical (unpaired) electrons. The first kappa shape index (κ1) is 36.4. The lowest BCUT2D eigenvalue weighted by Crippen LogP contribution is -2.68. The van der Waals surface area contributed by atoms with E-state index >= 15 is 0 Å². The molecule has 5 fully saturated rings. The highest BCUT2D eigenvalue weighted by Gasteiger charge is 2.70. The third kappa shape index (κ3) is 5.52. The molecule has 0 spiro atoms. The molecule has 10 unspecified atom stereocenters. The molecule has 10 atom stereocenters. The SMILES string of the molecule is C=C(C)C1CCC2(NCCNC3CCS(=O)(=O)C3)CCC3(C)C(CCC4C5(C)CC=C(c6ccc(C(=O)OC)cc6)C(C)(C)C5CCC43C)C12. The number of methoxy groups -OCH3 is 1. The molecule has 1 aromatic rings. The Labute approximate surface area is 303 Å². The lowest BCUT2D eigenvalue weighted by atomic mass is 9.33. The third-order valence-electron chi connectivity index (χ3n) is 16.5. The fourth-order valence-corrected chi connectivity index (χ4v) is 15.7. The lowest BCUT2D eigenvalue weighted by molar-refractivity contribution is -0.219. The third-order valence-corrected chi connectivity index (χ3v) is 18.3. The van der Waals surface area contributed by atoms with Crippen LogP contribution >= 0.6 is 0 Å². The monoisotopic (exact) mass is 704 g/mol. The second kappa shape index (κ2) is 12.6. The van der Waals surface area contributed by atoms with Crippen LogP contribution in [-0.2, 0) is 14.6 Å². The summed E-state index contributed by atoms with van der Waals surface area (Å²) in [6, 6.07) is 8.19. The normalized spacial score (nSPS) is 42.7. The summed E-state index contributed by atoms with van der Waals surface area (Å²) < 4.78 is 29.0. The average molecular weight is 705 g/mol. The van der Waals surface area contributed by atoms with Gasteiger partial charge in [0.1, 0.15) is 0 Å². The average Bonchev–Trinajstić information content (AvgIpc) is 3.62. The second-order valence-electron chi connectivity index (χ2n) is 18.9. The van der Waals surface area contributed by atoms with Gasteiger partial charge < -0.3 is 15.4 Å². The molecule has 0 bridgehead atoms. The number of ether oxygens (including phenoxy) is 1. The minimum atomic E-state index is -2.87. The van der Waals surface area contributed by atoms with E-state index in [0.717, 1.165) is 25.9 Å².